The van der Waals surface area contributed by atoms with Crippen molar-refractivity contribution in [2.45, 2.75) is 18.6 Å². The summed E-state index contributed by atoms with van der Waals surface area (Å²) in [5, 5.41) is 0. The van der Waals surface area contributed by atoms with Crippen LogP contribution in [0.4, 0.5) is 5.69 Å². The molecule has 1 heterocycles. The first-order valence-corrected chi connectivity index (χ1v) is 5.41. The highest BCUT2D eigenvalue weighted by Crippen LogP contribution is 2.42. The molecule has 13 heavy (non-hydrogen) atoms. The highest BCUT2D eigenvalue weighted by Gasteiger charge is 2.40. The number of hydrogen-bond donors (Lipinski definition) is 0. The number of anilines is 1. The molecule has 0 bridgehead atoms. The van der Waals surface area contributed by atoms with Crippen molar-refractivity contribution >= 4 is 16.7 Å². The lowest BCUT2D eigenvalue weighted by atomic mass is 10.0. The summed E-state index contributed by atoms with van der Waals surface area (Å²) in [5.74, 6) is 0. The second kappa shape index (κ2) is 2.58. The Labute approximate surface area is 81.2 Å². The Morgan fingerprint density at radius 1 is 1.31 bits per heavy atom. The van der Waals surface area contributed by atoms with Crippen LogP contribution in [-0.2, 0) is 15.7 Å². The van der Waals surface area contributed by atoms with Gasteiger partial charge in [0.15, 0.2) is 0 Å². The molecule has 0 N–H and O–H groups in total. The van der Waals surface area contributed by atoms with E-state index in [1.807, 2.05) is 43.4 Å². The summed E-state index contributed by atoms with van der Waals surface area (Å²) in [6.07, 6.45) is 0. The van der Waals surface area contributed by atoms with Crippen molar-refractivity contribution in [1.82, 2.24) is 0 Å². The van der Waals surface area contributed by atoms with Gasteiger partial charge < -0.3 is 0 Å². The van der Waals surface area contributed by atoms with E-state index in [4.69, 9.17) is 0 Å². The standard InChI is InChI=1S/C10H13NOS/c1-10(2)8-6-4-5-7-9(8)11(3)13(10)12/h4-7H,1-3H3. The maximum atomic E-state index is 11.9. The molecule has 2 rings (SSSR count). The summed E-state index contributed by atoms with van der Waals surface area (Å²) in [7, 11) is 0.938. The van der Waals surface area contributed by atoms with Gasteiger partial charge in [-0.1, -0.05) is 18.2 Å². The van der Waals surface area contributed by atoms with Crippen LogP contribution in [0.5, 0.6) is 0 Å². The van der Waals surface area contributed by atoms with E-state index in [1.54, 1.807) is 0 Å². The van der Waals surface area contributed by atoms with Gasteiger partial charge in [0.25, 0.3) is 0 Å². The summed E-state index contributed by atoms with van der Waals surface area (Å²) >= 11 is 0. The predicted molar refractivity (Wildman–Crippen MR) is 56.0 cm³/mol. The third kappa shape index (κ3) is 1.03. The van der Waals surface area contributed by atoms with E-state index in [-0.39, 0.29) is 4.75 Å². The number of nitrogens with zero attached hydrogens (tertiary/aromatic N) is 1. The van der Waals surface area contributed by atoms with Crippen LogP contribution in [0.25, 0.3) is 0 Å². The predicted octanol–water partition coefficient (Wildman–Crippen LogP) is 2.04. The first-order chi connectivity index (χ1) is 6.05. The Balaban J connectivity index is 2.68. The van der Waals surface area contributed by atoms with E-state index in [0.29, 0.717) is 0 Å². The zero-order valence-electron chi connectivity index (χ0n) is 8.07. The summed E-state index contributed by atoms with van der Waals surface area (Å²) in [6.45, 7) is 4.04. The van der Waals surface area contributed by atoms with E-state index < -0.39 is 11.0 Å². The molecule has 1 aromatic rings. The van der Waals surface area contributed by atoms with Gasteiger partial charge in [0.1, 0.15) is 11.0 Å². The van der Waals surface area contributed by atoms with Gasteiger partial charge in [0.2, 0.25) is 0 Å². The number of fused-ring (bicyclic) bond motifs is 1. The minimum atomic E-state index is -0.941. The molecule has 3 heteroatoms. The Morgan fingerprint density at radius 3 is 2.54 bits per heavy atom. The second-order valence-electron chi connectivity index (χ2n) is 3.77. The highest BCUT2D eigenvalue weighted by molar-refractivity contribution is 7.87. The zero-order chi connectivity index (χ0) is 9.64. The highest BCUT2D eigenvalue weighted by atomic mass is 32.2. The van der Waals surface area contributed by atoms with Gasteiger partial charge in [-0.25, -0.2) is 4.21 Å². The fourth-order valence-corrected chi connectivity index (χ4v) is 3.17. The fourth-order valence-electron chi connectivity index (χ4n) is 1.78. The van der Waals surface area contributed by atoms with Crippen LogP contribution in [0, 0.1) is 0 Å². The normalized spacial score (nSPS) is 24.5. The van der Waals surface area contributed by atoms with Crippen LogP contribution in [0.2, 0.25) is 0 Å². The maximum Gasteiger partial charge on any atom is 0.129 e. The lowest BCUT2D eigenvalue weighted by Crippen LogP contribution is -2.26. The average Bonchev–Trinajstić information content (AvgIpc) is 2.30. The number of para-hydroxylation sites is 1. The molecule has 0 spiro atoms. The van der Waals surface area contributed by atoms with Crippen molar-refractivity contribution in [3.05, 3.63) is 29.8 Å². The first-order valence-electron chi connectivity index (χ1n) is 4.30. The Bertz CT molecular complexity index is 373. The van der Waals surface area contributed by atoms with E-state index in [9.17, 15) is 4.21 Å². The topological polar surface area (TPSA) is 20.3 Å². The smallest absolute Gasteiger partial charge is 0.129 e. The molecule has 0 aromatic heterocycles. The molecule has 0 radical (unpaired) electrons. The van der Waals surface area contributed by atoms with Crippen LogP contribution < -0.4 is 4.31 Å². The molecule has 1 unspecified atom stereocenters. The van der Waals surface area contributed by atoms with Crippen LogP contribution in [0.1, 0.15) is 19.4 Å². The number of hydrogen-bond acceptors (Lipinski definition) is 1. The van der Waals surface area contributed by atoms with Gasteiger partial charge in [-0.3, -0.25) is 4.31 Å². The van der Waals surface area contributed by atoms with E-state index in [1.165, 1.54) is 5.56 Å². The number of benzene rings is 1. The lowest BCUT2D eigenvalue weighted by Gasteiger charge is -2.17. The third-order valence-electron chi connectivity index (χ3n) is 2.58. The molecule has 2 nitrogen and oxygen atoms in total. The molecule has 1 atom stereocenters. The zero-order valence-corrected chi connectivity index (χ0v) is 8.89. The summed E-state index contributed by atoms with van der Waals surface area (Å²) < 4.78 is 13.5. The van der Waals surface area contributed by atoms with Crippen molar-refractivity contribution in [2.75, 3.05) is 11.4 Å². The van der Waals surface area contributed by atoms with Gasteiger partial charge in [-0.05, 0) is 25.5 Å². The van der Waals surface area contributed by atoms with Gasteiger partial charge >= 0.3 is 0 Å². The Morgan fingerprint density at radius 2 is 1.92 bits per heavy atom. The molecule has 70 valence electrons. The lowest BCUT2D eigenvalue weighted by molar-refractivity contribution is 0.651. The molecule has 1 aliphatic heterocycles. The monoisotopic (exact) mass is 195 g/mol. The number of rotatable bonds is 0. The van der Waals surface area contributed by atoms with Crippen molar-refractivity contribution in [3.63, 3.8) is 0 Å². The quantitative estimate of drug-likeness (QED) is 0.620. The van der Waals surface area contributed by atoms with E-state index in [0.717, 1.165) is 5.69 Å². The summed E-state index contributed by atoms with van der Waals surface area (Å²) in [5.41, 5.74) is 2.27. The van der Waals surface area contributed by atoms with E-state index in [2.05, 4.69) is 6.07 Å². The van der Waals surface area contributed by atoms with Crippen molar-refractivity contribution in [2.24, 2.45) is 0 Å². The largest absolute Gasteiger partial charge is 0.294 e. The Hall–Kier alpha value is -0.830. The Kier molecular flexibility index (Phi) is 1.74. The second-order valence-corrected chi connectivity index (χ2v) is 5.84. The van der Waals surface area contributed by atoms with Crippen molar-refractivity contribution in [1.29, 1.82) is 0 Å². The van der Waals surface area contributed by atoms with Crippen LogP contribution >= 0.6 is 0 Å². The molecule has 1 aromatic carbocycles. The maximum absolute atomic E-state index is 11.9. The summed E-state index contributed by atoms with van der Waals surface area (Å²) in [4.78, 5) is 0. The van der Waals surface area contributed by atoms with Crippen LogP contribution in [0.3, 0.4) is 0 Å². The van der Waals surface area contributed by atoms with Gasteiger partial charge in [-0.15, -0.1) is 0 Å². The van der Waals surface area contributed by atoms with Crippen LogP contribution in [0.15, 0.2) is 24.3 Å². The molecule has 0 saturated carbocycles. The van der Waals surface area contributed by atoms with Gasteiger partial charge in [0, 0.05) is 7.05 Å². The molecule has 0 aliphatic carbocycles. The van der Waals surface area contributed by atoms with Crippen LogP contribution in [-0.4, -0.2) is 11.3 Å². The van der Waals surface area contributed by atoms with E-state index >= 15 is 0 Å². The SMILES string of the molecule is CN1c2ccccc2C(C)(C)S1=O. The molecule has 0 amide bonds. The molecule has 0 saturated heterocycles. The minimum absolute atomic E-state index is 0.245. The third-order valence-corrected chi connectivity index (χ3v) is 4.36. The van der Waals surface area contributed by atoms with Gasteiger partial charge in [-0.2, -0.15) is 0 Å². The minimum Gasteiger partial charge on any atom is -0.294 e. The molecule has 1 aliphatic rings. The van der Waals surface area contributed by atoms with Crippen molar-refractivity contribution < 1.29 is 4.21 Å². The molecular formula is C10H13NOS. The fraction of sp³-hybridized carbons (Fsp3) is 0.400. The van der Waals surface area contributed by atoms with Crippen molar-refractivity contribution in [3.8, 4) is 0 Å². The average molecular weight is 195 g/mol. The summed E-state index contributed by atoms with van der Waals surface area (Å²) in [6, 6.07) is 8.05. The molecular weight excluding hydrogens is 182 g/mol. The van der Waals surface area contributed by atoms with Gasteiger partial charge in [0.05, 0.1) is 10.4 Å². The first kappa shape index (κ1) is 8.75. The molecule has 0 fully saturated rings.